The number of rotatable bonds is 4. The van der Waals surface area contributed by atoms with Crippen LogP contribution in [0.1, 0.15) is 43.9 Å². The fourth-order valence-corrected chi connectivity index (χ4v) is 4.85. The molecule has 3 heteroatoms. The van der Waals surface area contributed by atoms with Gasteiger partial charge < -0.3 is 14.7 Å². The van der Waals surface area contributed by atoms with Gasteiger partial charge >= 0.3 is 0 Å². The van der Waals surface area contributed by atoms with E-state index in [0.717, 1.165) is 30.5 Å². The second kappa shape index (κ2) is 6.81. The molecule has 2 heterocycles. The van der Waals surface area contributed by atoms with Gasteiger partial charge in [-0.05, 0) is 37.3 Å². The van der Waals surface area contributed by atoms with Crippen LogP contribution in [-0.2, 0) is 11.2 Å². The van der Waals surface area contributed by atoms with E-state index in [2.05, 4.69) is 67.8 Å². The molecule has 0 amide bonds. The van der Waals surface area contributed by atoms with Crippen LogP contribution in [0, 0.1) is 5.41 Å². The zero-order chi connectivity index (χ0) is 19.1. The lowest BCUT2D eigenvalue weighted by Crippen LogP contribution is -2.54. The van der Waals surface area contributed by atoms with E-state index in [0.29, 0.717) is 0 Å². The molecular weight excluding hydrogens is 334 g/mol. The van der Waals surface area contributed by atoms with E-state index in [1.165, 1.54) is 5.56 Å². The molecule has 0 aromatic heterocycles. The van der Waals surface area contributed by atoms with Crippen molar-refractivity contribution in [2.75, 3.05) is 6.61 Å². The number of nitrogens with zero attached hydrogens (tertiary/aromatic N) is 1. The molecular formula is C24H29NO2. The highest BCUT2D eigenvalue weighted by molar-refractivity contribution is 5.28. The summed E-state index contributed by atoms with van der Waals surface area (Å²) in [6.45, 7) is 9.01. The van der Waals surface area contributed by atoms with Gasteiger partial charge in [-0.3, -0.25) is 0 Å². The van der Waals surface area contributed by atoms with Crippen LogP contribution in [0.3, 0.4) is 0 Å². The van der Waals surface area contributed by atoms with Crippen molar-refractivity contribution in [1.29, 1.82) is 0 Å². The van der Waals surface area contributed by atoms with E-state index in [1.807, 2.05) is 18.2 Å². The van der Waals surface area contributed by atoms with E-state index >= 15 is 0 Å². The van der Waals surface area contributed by atoms with Gasteiger partial charge in [-0.2, -0.15) is 0 Å². The molecule has 3 nitrogen and oxygen atoms in total. The maximum atomic E-state index is 10.3. The average molecular weight is 364 g/mol. The average Bonchev–Trinajstić information content (AvgIpc) is 3.00. The fraction of sp³-hybridized carbons (Fsp3) is 0.417. The summed E-state index contributed by atoms with van der Waals surface area (Å²) < 4.78 is 6.56. The molecule has 2 aromatic carbocycles. The van der Waals surface area contributed by atoms with Crippen LogP contribution in [0.4, 0.5) is 0 Å². The normalized spacial score (nSPS) is 33.1. The van der Waals surface area contributed by atoms with Gasteiger partial charge in [0, 0.05) is 11.1 Å². The molecule has 0 saturated carbocycles. The summed E-state index contributed by atoms with van der Waals surface area (Å²) >= 11 is 0. The van der Waals surface area contributed by atoms with Crippen LogP contribution < -0.4 is 0 Å². The van der Waals surface area contributed by atoms with Gasteiger partial charge in [-0.15, -0.1) is 0 Å². The van der Waals surface area contributed by atoms with E-state index in [9.17, 15) is 5.11 Å². The zero-order valence-corrected chi connectivity index (χ0v) is 16.3. The maximum absolute atomic E-state index is 10.3. The fourth-order valence-electron chi connectivity index (χ4n) is 4.85. The van der Waals surface area contributed by atoms with Crippen LogP contribution >= 0.6 is 0 Å². The molecule has 2 fully saturated rings. The minimum Gasteiger partial charge on any atom is -0.394 e. The van der Waals surface area contributed by atoms with E-state index < -0.39 is 5.72 Å². The SMILES string of the molecule is C=C1N2C(CO)C(c3ccccc3)OC2(C)CCC1(C)Cc1ccccc1. The highest BCUT2D eigenvalue weighted by Crippen LogP contribution is 2.54. The lowest BCUT2D eigenvalue weighted by Gasteiger charge is -2.51. The van der Waals surface area contributed by atoms with Crippen molar-refractivity contribution in [1.82, 2.24) is 4.90 Å². The number of aliphatic hydroxyl groups is 1. The van der Waals surface area contributed by atoms with Crippen molar-refractivity contribution < 1.29 is 9.84 Å². The Kier molecular flexibility index (Phi) is 4.61. The first-order valence-electron chi connectivity index (χ1n) is 9.83. The van der Waals surface area contributed by atoms with E-state index in [4.69, 9.17) is 4.74 Å². The van der Waals surface area contributed by atoms with E-state index in [-0.39, 0.29) is 24.2 Å². The Bertz CT molecular complexity index is 806. The predicted molar refractivity (Wildman–Crippen MR) is 108 cm³/mol. The molecule has 2 aliphatic rings. The van der Waals surface area contributed by atoms with Crippen molar-refractivity contribution >= 4 is 0 Å². The van der Waals surface area contributed by atoms with Crippen LogP contribution in [0.15, 0.2) is 72.9 Å². The lowest BCUT2D eigenvalue weighted by atomic mass is 9.71. The van der Waals surface area contributed by atoms with Gasteiger partial charge in [0.1, 0.15) is 11.8 Å². The van der Waals surface area contributed by atoms with Crippen LogP contribution in [-0.4, -0.2) is 28.4 Å². The van der Waals surface area contributed by atoms with Crippen molar-refractivity contribution in [3.63, 3.8) is 0 Å². The Labute approximate surface area is 162 Å². The summed E-state index contributed by atoms with van der Waals surface area (Å²) in [6.07, 6.45) is 2.76. The molecule has 0 radical (unpaired) electrons. The Morgan fingerprint density at radius 3 is 2.30 bits per heavy atom. The number of fused-ring (bicyclic) bond motifs is 1. The number of allylic oxidation sites excluding steroid dienone is 1. The highest BCUT2D eigenvalue weighted by Gasteiger charge is 2.56. The molecule has 2 aromatic rings. The van der Waals surface area contributed by atoms with Crippen LogP contribution in [0.5, 0.6) is 0 Å². The molecule has 0 spiro atoms. The number of hydrogen-bond donors (Lipinski definition) is 1. The first kappa shape index (κ1) is 18.3. The molecule has 0 aliphatic carbocycles. The molecule has 2 saturated heterocycles. The van der Waals surface area contributed by atoms with Crippen molar-refractivity contribution in [2.24, 2.45) is 5.41 Å². The standard InChI is InChI=1S/C24H29NO2/c1-18-23(2,16-19-10-6-4-7-11-19)14-15-24(3)25(18)21(17-26)22(27-24)20-12-8-5-9-13-20/h4-13,21-22,26H,1,14-17H2,2-3H3. The third-order valence-corrected chi connectivity index (χ3v) is 6.45. The number of aliphatic hydroxyl groups excluding tert-OH is 1. The van der Waals surface area contributed by atoms with Crippen molar-refractivity contribution in [2.45, 2.75) is 51.0 Å². The number of piperidine rings is 1. The molecule has 4 unspecified atom stereocenters. The zero-order valence-electron chi connectivity index (χ0n) is 16.3. The molecule has 0 bridgehead atoms. The molecule has 27 heavy (non-hydrogen) atoms. The van der Waals surface area contributed by atoms with Crippen LogP contribution in [0.2, 0.25) is 0 Å². The number of ether oxygens (including phenoxy) is 1. The number of benzene rings is 2. The van der Waals surface area contributed by atoms with Gasteiger partial charge in [0.05, 0.1) is 12.6 Å². The molecule has 4 atom stereocenters. The van der Waals surface area contributed by atoms with Crippen LogP contribution in [0.25, 0.3) is 0 Å². The minimum absolute atomic E-state index is 0.0385. The minimum atomic E-state index is -0.415. The van der Waals surface area contributed by atoms with Crippen molar-refractivity contribution in [3.05, 3.63) is 84.1 Å². The Hall–Kier alpha value is -2.10. The summed E-state index contributed by atoms with van der Waals surface area (Å²) in [6, 6.07) is 20.7. The smallest absolute Gasteiger partial charge is 0.139 e. The number of hydrogen-bond acceptors (Lipinski definition) is 3. The second-order valence-corrected chi connectivity index (χ2v) is 8.41. The molecule has 1 N–H and O–H groups in total. The summed E-state index contributed by atoms with van der Waals surface area (Å²) in [4.78, 5) is 2.27. The van der Waals surface area contributed by atoms with Crippen molar-refractivity contribution in [3.8, 4) is 0 Å². The first-order chi connectivity index (χ1) is 13.0. The van der Waals surface area contributed by atoms with E-state index in [1.54, 1.807) is 0 Å². The van der Waals surface area contributed by atoms with Gasteiger partial charge in [0.25, 0.3) is 0 Å². The third kappa shape index (κ3) is 3.09. The highest BCUT2D eigenvalue weighted by atomic mass is 16.5. The lowest BCUT2D eigenvalue weighted by molar-refractivity contribution is -0.114. The summed E-state index contributed by atoms with van der Waals surface area (Å²) in [5.74, 6) is 0. The van der Waals surface area contributed by atoms with Gasteiger partial charge in [-0.1, -0.05) is 74.2 Å². The largest absolute Gasteiger partial charge is 0.394 e. The predicted octanol–water partition coefficient (Wildman–Crippen LogP) is 4.69. The Balaban J connectivity index is 1.66. The van der Waals surface area contributed by atoms with Gasteiger partial charge in [-0.25, -0.2) is 0 Å². The summed E-state index contributed by atoms with van der Waals surface area (Å²) in [5, 5.41) is 10.3. The molecule has 4 rings (SSSR count). The van der Waals surface area contributed by atoms with Gasteiger partial charge in [0.2, 0.25) is 0 Å². The maximum Gasteiger partial charge on any atom is 0.139 e. The first-order valence-corrected chi connectivity index (χ1v) is 9.83. The molecule has 142 valence electrons. The summed E-state index contributed by atoms with van der Waals surface area (Å²) in [5.41, 5.74) is 3.07. The summed E-state index contributed by atoms with van der Waals surface area (Å²) in [7, 11) is 0. The second-order valence-electron chi connectivity index (χ2n) is 8.41. The third-order valence-electron chi connectivity index (χ3n) is 6.45. The monoisotopic (exact) mass is 363 g/mol. The quantitative estimate of drug-likeness (QED) is 0.855. The van der Waals surface area contributed by atoms with Gasteiger partial charge in [0.15, 0.2) is 0 Å². The Morgan fingerprint density at radius 1 is 1.04 bits per heavy atom. The Morgan fingerprint density at radius 2 is 1.67 bits per heavy atom. The topological polar surface area (TPSA) is 32.7 Å². The molecule has 2 aliphatic heterocycles.